The number of aromatic nitrogens is 1. The van der Waals surface area contributed by atoms with Crippen LogP contribution in [0.3, 0.4) is 0 Å². The van der Waals surface area contributed by atoms with Crippen LogP contribution in [0.1, 0.15) is 36.5 Å². The van der Waals surface area contributed by atoms with Crippen LogP contribution >= 0.6 is 0 Å². The molecule has 0 aliphatic carbocycles. The Labute approximate surface area is 147 Å². The highest BCUT2D eigenvalue weighted by Gasteiger charge is 2.39. The molecule has 2 heterocycles. The molecule has 2 rings (SSSR count). The van der Waals surface area contributed by atoms with Gasteiger partial charge in [-0.3, -0.25) is 14.6 Å². The van der Waals surface area contributed by atoms with Gasteiger partial charge < -0.3 is 11.1 Å². The molecule has 0 aromatic carbocycles. The average Bonchev–Trinajstić information content (AvgIpc) is 2.58. The van der Waals surface area contributed by atoms with Gasteiger partial charge in [-0.05, 0) is 37.3 Å². The number of sulfonamides is 1. The van der Waals surface area contributed by atoms with E-state index in [9.17, 15) is 18.0 Å². The van der Waals surface area contributed by atoms with Gasteiger partial charge in [-0.15, -0.1) is 0 Å². The van der Waals surface area contributed by atoms with Crippen molar-refractivity contribution in [1.29, 1.82) is 0 Å². The highest BCUT2D eigenvalue weighted by atomic mass is 32.2. The van der Waals surface area contributed by atoms with Gasteiger partial charge >= 0.3 is 0 Å². The molecule has 1 fully saturated rings. The van der Waals surface area contributed by atoms with Crippen molar-refractivity contribution in [2.24, 2.45) is 11.7 Å². The highest BCUT2D eigenvalue weighted by molar-refractivity contribution is 7.88. The average molecular weight is 368 g/mol. The van der Waals surface area contributed by atoms with Crippen LogP contribution in [0.4, 0.5) is 0 Å². The number of amides is 2. The third-order valence-electron chi connectivity index (χ3n) is 4.62. The first-order chi connectivity index (χ1) is 11.7. The van der Waals surface area contributed by atoms with Gasteiger partial charge in [-0.2, -0.15) is 4.31 Å². The Morgan fingerprint density at radius 3 is 2.56 bits per heavy atom. The van der Waals surface area contributed by atoms with Gasteiger partial charge in [0.1, 0.15) is 6.04 Å². The molecule has 25 heavy (non-hydrogen) atoms. The van der Waals surface area contributed by atoms with Crippen molar-refractivity contribution in [1.82, 2.24) is 14.6 Å². The predicted octanol–water partition coefficient (Wildman–Crippen LogP) is 0.116. The van der Waals surface area contributed by atoms with Crippen molar-refractivity contribution in [3.63, 3.8) is 0 Å². The maximum atomic E-state index is 12.4. The Balaban J connectivity index is 2.11. The highest BCUT2D eigenvalue weighted by Crippen LogP contribution is 2.28. The SMILES string of the molecule is CC[C@H](NC(=O)c1ccncc1)[C@@H]1CCN(S(C)(=O)=O)[C@H](C(N)=O)C1. The van der Waals surface area contributed by atoms with Gasteiger partial charge in [-0.1, -0.05) is 6.92 Å². The number of nitrogens with zero attached hydrogens (tertiary/aromatic N) is 2. The molecule has 2 amide bonds. The molecule has 0 radical (unpaired) electrons. The maximum absolute atomic E-state index is 12.4. The van der Waals surface area contributed by atoms with E-state index in [2.05, 4.69) is 10.3 Å². The Morgan fingerprint density at radius 2 is 2.04 bits per heavy atom. The molecule has 1 aromatic heterocycles. The smallest absolute Gasteiger partial charge is 0.251 e. The third kappa shape index (κ3) is 4.76. The summed E-state index contributed by atoms with van der Waals surface area (Å²) in [6, 6.07) is 2.21. The van der Waals surface area contributed by atoms with E-state index in [0.717, 1.165) is 10.6 Å². The second-order valence-corrected chi connectivity index (χ2v) is 8.24. The molecule has 0 spiro atoms. The van der Waals surface area contributed by atoms with Crippen LogP contribution in [0, 0.1) is 5.92 Å². The van der Waals surface area contributed by atoms with Crippen molar-refractivity contribution in [3.8, 4) is 0 Å². The number of nitrogens with one attached hydrogen (secondary N) is 1. The molecule has 8 nitrogen and oxygen atoms in total. The van der Waals surface area contributed by atoms with Crippen LogP contribution in [-0.2, 0) is 14.8 Å². The molecule has 138 valence electrons. The number of primary amides is 1. The zero-order chi connectivity index (χ0) is 18.6. The van der Waals surface area contributed by atoms with E-state index in [0.29, 0.717) is 24.8 Å². The van der Waals surface area contributed by atoms with Crippen molar-refractivity contribution in [3.05, 3.63) is 30.1 Å². The lowest BCUT2D eigenvalue weighted by Crippen LogP contribution is -2.55. The summed E-state index contributed by atoms with van der Waals surface area (Å²) in [5, 5.41) is 2.98. The minimum absolute atomic E-state index is 0.0220. The van der Waals surface area contributed by atoms with Crippen LogP contribution in [0.2, 0.25) is 0 Å². The summed E-state index contributed by atoms with van der Waals surface area (Å²) in [5.74, 6) is -0.896. The standard InChI is InChI=1S/C16H24N4O4S/c1-3-13(19-16(22)11-4-7-18-8-5-11)12-6-9-20(25(2,23)24)14(10-12)15(17)21/h4-5,7-8,12-14H,3,6,9-10H2,1-2H3,(H2,17,21)(H,19,22)/t12-,13+,14+/m1/s1. The lowest BCUT2D eigenvalue weighted by Gasteiger charge is -2.39. The third-order valence-corrected chi connectivity index (χ3v) is 5.91. The lowest BCUT2D eigenvalue weighted by molar-refractivity contribution is -0.123. The van der Waals surface area contributed by atoms with E-state index in [1.54, 1.807) is 24.5 Å². The summed E-state index contributed by atoms with van der Waals surface area (Å²) in [6.45, 7) is 2.17. The van der Waals surface area contributed by atoms with Crippen LogP contribution in [0.25, 0.3) is 0 Å². The van der Waals surface area contributed by atoms with Gasteiger partial charge in [0.05, 0.1) is 6.26 Å². The van der Waals surface area contributed by atoms with Crippen LogP contribution < -0.4 is 11.1 Å². The number of carbonyl (C=O) groups excluding carboxylic acids is 2. The Kier molecular flexibility index (Phi) is 6.12. The van der Waals surface area contributed by atoms with Gasteiger partial charge in [0.2, 0.25) is 15.9 Å². The molecule has 1 aromatic rings. The topological polar surface area (TPSA) is 122 Å². The molecule has 1 saturated heterocycles. The first kappa shape index (κ1) is 19.3. The summed E-state index contributed by atoms with van der Waals surface area (Å²) in [4.78, 5) is 28.0. The van der Waals surface area contributed by atoms with Gasteiger partial charge in [0, 0.05) is 30.5 Å². The molecular weight excluding hydrogens is 344 g/mol. The number of pyridine rings is 1. The quantitative estimate of drug-likeness (QED) is 0.738. The van der Waals surface area contributed by atoms with Gasteiger partial charge in [0.15, 0.2) is 0 Å². The summed E-state index contributed by atoms with van der Waals surface area (Å²) in [6.07, 6.45) is 5.70. The van der Waals surface area contributed by atoms with E-state index in [1.807, 2.05) is 6.92 Å². The number of piperidine rings is 1. The number of carbonyl (C=O) groups is 2. The molecule has 0 unspecified atom stereocenters. The van der Waals surface area contributed by atoms with E-state index < -0.39 is 22.0 Å². The van der Waals surface area contributed by atoms with Crippen LogP contribution in [-0.4, -0.2) is 54.4 Å². The summed E-state index contributed by atoms with van der Waals surface area (Å²) in [7, 11) is -3.50. The van der Waals surface area contributed by atoms with E-state index >= 15 is 0 Å². The minimum Gasteiger partial charge on any atom is -0.368 e. The van der Waals surface area contributed by atoms with E-state index in [1.165, 1.54) is 0 Å². The molecule has 1 aliphatic rings. The fourth-order valence-corrected chi connectivity index (χ4v) is 4.39. The number of rotatable bonds is 6. The second kappa shape index (κ2) is 7.92. The summed E-state index contributed by atoms with van der Waals surface area (Å²) >= 11 is 0. The molecule has 3 atom stereocenters. The molecule has 0 bridgehead atoms. The number of hydrogen-bond donors (Lipinski definition) is 2. The van der Waals surface area contributed by atoms with E-state index in [-0.39, 0.29) is 24.4 Å². The molecule has 1 aliphatic heterocycles. The number of nitrogens with two attached hydrogens (primary N) is 1. The molecule has 3 N–H and O–H groups in total. The van der Waals surface area contributed by atoms with Crippen molar-refractivity contribution in [2.45, 2.75) is 38.3 Å². The maximum Gasteiger partial charge on any atom is 0.251 e. The first-order valence-corrected chi connectivity index (χ1v) is 10.1. The molecule has 9 heteroatoms. The zero-order valence-electron chi connectivity index (χ0n) is 14.4. The zero-order valence-corrected chi connectivity index (χ0v) is 15.2. The predicted molar refractivity (Wildman–Crippen MR) is 93.0 cm³/mol. The number of hydrogen-bond acceptors (Lipinski definition) is 5. The van der Waals surface area contributed by atoms with Crippen molar-refractivity contribution >= 4 is 21.8 Å². The van der Waals surface area contributed by atoms with Gasteiger partial charge in [0.25, 0.3) is 5.91 Å². The Bertz CT molecular complexity index is 723. The normalized spacial score (nSPS) is 23.0. The van der Waals surface area contributed by atoms with Crippen molar-refractivity contribution in [2.75, 3.05) is 12.8 Å². The first-order valence-electron chi connectivity index (χ1n) is 8.21. The summed E-state index contributed by atoms with van der Waals surface area (Å²) < 4.78 is 24.9. The molecule has 0 saturated carbocycles. The monoisotopic (exact) mass is 368 g/mol. The molecular formula is C16H24N4O4S. The fraction of sp³-hybridized carbons (Fsp3) is 0.562. The van der Waals surface area contributed by atoms with Crippen LogP contribution in [0.5, 0.6) is 0 Å². The fourth-order valence-electron chi connectivity index (χ4n) is 3.30. The largest absolute Gasteiger partial charge is 0.368 e. The van der Waals surface area contributed by atoms with Gasteiger partial charge in [-0.25, -0.2) is 8.42 Å². The summed E-state index contributed by atoms with van der Waals surface area (Å²) in [5.41, 5.74) is 5.92. The minimum atomic E-state index is -3.50. The second-order valence-electron chi connectivity index (χ2n) is 6.30. The van der Waals surface area contributed by atoms with Crippen LogP contribution in [0.15, 0.2) is 24.5 Å². The lowest BCUT2D eigenvalue weighted by atomic mass is 9.84. The van der Waals surface area contributed by atoms with Crippen molar-refractivity contribution < 1.29 is 18.0 Å². The Hall–Kier alpha value is -2.00. The van der Waals surface area contributed by atoms with E-state index in [4.69, 9.17) is 5.73 Å². The Morgan fingerprint density at radius 1 is 1.40 bits per heavy atom.